The molecule has 13 heavy (non-hydrogen) atoms. The normalized spacial score (nSPS) is 14.8. The van der Waals surface area contributed by atoms with Gasteiger partial charge in [-0.05, 0) is 45.2 Å². The van der Waals surface area contributed by atoms with Gasteiger partial charge in [0.25, 0.3) is 0 Å². The Morgan fingerprint density at radius 2 is 2.00 bits per heavy atom. The predicted octanol–water partition coefficient (Wildman–Crippen LogP) is 1.71. The number of carbonyl (C=O) groups excluding carboxylic acids is 1. The van der Waals surface area contributed by atoms with Crippen LogP contribution >= 0.6 is 31.9 Å². The van der Waals surface area contributed by atoms with Crippen LogP contribution in [0.25, 0.3) is 0 Å². The fourth-order valence-corrected chi connectivity index (χ4v) is 1.12. The van der Waals surface area contributed by atoms with Gasteiger partial charge in [-0.15, -0.1) is 0 Å². The largest absolute Gasteiger partial charge is 0.393 e. The van der Waals surface area contributed by atoms with Crippen LogP contribution in [0, 0.1) is 0 Å². The van der Waals surface area contributed by atoms with Crippen molar-refractivity contribution in [3.8, 4) is 0 Å². The SMILES string of the molecule is CC(=O)[C@@H](O)C[C@@H](O)CC=C(Br)Br. The third-order valence-electron chi connectivity index (χ3n) is 1.51. The van der Waals surface area contributed by atoms with Gasteiger partial charge in [0, 0.05) is 6.42 Å². The highest BCUT2D eigenvalue weighted by Gasteiger charge is 2.14. The summed E-state index contributed by atoms with van der Waals surface area (Å²) in [5.74, 6) is -0.319. The molecule has 0 aromatic carbocycles. The first-order valence-electron chi connectivity index (χ1n) is 3.81. The van der Waals surface area contributed by atoms with Gasteiger partial charge in [0.05, 0.1) is 9.50 Å². The minimum atomic E-state index is -1.06. The van der Waals surface area contributed by atoms with Crippen LogP contribution in [0.3, 0.4) is 0 Å². The molecule has 3 nitrogen and oxygen atoms in total. The summed E-state index contributed by atoms with van der Waals surface area (Å²) in [4.78, 5) is 10.6. The van der Waals surface area contributed by atoms with Gasteiger partial charge in [-0.1, -0.05) is 6.08 Å². The number of rotatable bonds is 5. The van der Waals surface area contributed by atoms with E-state index in [-0.39, 0.29) is 12.2 Å². The molecule has 0 amide bonds. The fourth-order valence-electron chi connectivity index (χ4n) is 0.745. The van der Waals surface area contributed by atoms with Crippen molar-refractivity contribution in [3.05, 3.63) is 9.47 Å². The highest BCUT2D eigenvalue weighted by atomic mass is 79.9. The zero-order valence-corrected chi connectivity index (χ0v) is 10.4. The molecule has 0 aliphatic heterocycles. The summed E-state index contributed by atoms with van der Waals surface area (Å²) in [6.45, 7) is 1.30. The highest BCUT2D eigenvalue weighted by Crippen LogP contribution is 2.15. The second-order valence-electron chi connectivity index (χ2n) is 2.75. The lowest BCUT2D eigenvalue weighted by atomic mass is 10.1. The van der Waals surface area contributed by atoms with Gasteiger partial charge in [0.15, 0.2) is 5.78 Å². The van der Waals surface area contributed by atoms with Gasteiger partial charge in [-0.2, -0.15) is 0 Å². The van der Waals surface area contributed by atoms with Crippen molar-refractivity contribution in [3.63, 3.8) is 0 Å². The molecule has 0 rings (SSSR count). The topological polar surface area (TPSA) is 57.5 Å². The molecular weight excluding hydrogens is 304 g/mol. The third kappa shape index (κ3) is 7.37. The van der Waals surface area contributed by atoms with E-state index in [1.54, 1.807) is 6.08 Å². The molecule has 0 heterocycles. The van der Waals surface area contributed by atoms with Crippen LogP contribution in [0.15, 0.2) is 9.47 Å². The Bertz CT molecular complexity index is 200. The molecule has 0 saturated carbocycles. The van der Waals surface area contributed by atoms with Crippen LogP contribution in [0.5, 0.6) is 0 Å². The van der Waals surface area contributed by atoms with Gasteiger partial charge in [0.2, 0.25) is 0 Å². The van der Waals surface area contributed by atoms with E-state index < -0.39 is 12.2 Å². The monoisotopic (exact) mass is 314 g/mol. The summed E-state index contributed by atoms with van der Waals surface area (Å²) in [5.41, 5.74) is 0. The third-order valence-corrected chi connectivity index (χ3v) is 2.16. The number of hydrogen-bond acceptors (Lipinski definition) is 3. The van der Waals surface area contributed by atoms with Crippen molar-refractivity contribution in [1.29, 1.82) is 0 Å². The molecule has 0 aromatic heterocycles. The number of carbonyl (C=O) groups is 1. The Balaban J connectivity index is 3.80. The summed E-state index contributed by atoms with van der Waals surface area (Å²) < 4.78 is 0.747. The first kappa shape index (κ1) is 13.3. The zero-order chi connectivity index (χ0) is 10.4. The molecule has 0 aliphatic rings. The summed E-state index contributed by atoms with van der Waals surface area (Å²) in [6, 6.07) is 0. The second-order valence-corrected chi connectivity index (χ2v) is 5.52. The maximum atomic E-state index is 10.6. The van der Waals surface area contributed by atoms with Gasteiger partial charge in [-0.3, -0.25) is 4.79 Å². The van der Waals surface area contributed by atoms with Crippen LogP contribution in [0.1, 0.15) is 19.8 Å². The van der Waals surface area contributed by atoms with Crippen molar-refractivity contribution in [2.75, 3.05) is 0 Å². The quantitative estimate of drug-likeness (QED) is 0.812. The molecule has 0 radical (unpaired) electrons. The number of ketones is 1. The van der Waals surface area contributed by atoms with E-state index in [9.17, 15) is 9.90 Å². The maximum absolute atomic E-state index is 10.6. The van der Waals surface area contributed by atoms with E-state index in [2.05, 4.69) is 31.9 Å². The number of hydrogen-bond donors (Lipinski definition) is 2. The van der Waals surface area contributed by atoms with Crippen molar-refractivity contribution in [1.82, 2.24) is 0 Å². The number of halogens is 2. The lowest BCUT2D eigenvalue weighted by Crippen LogP contribution is -2.23. The molecule has 0 saturated heterocycles. The molecule has 0 aliphatic carbocycles. The van der Waals surface area contributed by atoms with E-state index >= 15 is 0 Å². The summed E-state index contributed by atoms with van der Waals surface area (Å²) in [5, 5.41) is 18.4. The minimum absolute atomic E-state index is 0.0825. The summed E-state index contributed by atoms with van der Waals surface area (Å²) in [6.07, 6.45) is 0.453. The molecule has 0 aromatic rings. The number of aliphatic hydroxyl groups is 2. The van der Waals surface area contributed by atoms with Crippen LogP contribution in [-0.4, -0.2) is 28.2 Å². The molecule has 2 atom stereocenters. The summed E-state index contributed by atoms with van der Waals surface area (Å²) >= 11 is 6.27. The molecule has 76 valence electrons. The van der Waals surface area contributed by atoms with Gasteiger partial charge >= 0.3 is 0 Å². The van der Waals surface area contributed by atoms with Crippen molar-refractivity contribution >= 4 is 37.6 Å². The number of Topliss-reactive ketones (excluding diaryl/α,β-unsaturated/α-hetero) is 1. The van der Waals surface area contributed by atoms with Crippen LogP contribution in [0.4, 0.5) is 0 Å². The van der Waals surface area contributed by atoms with E-state index in [1.165, 1.54) is 6.92 Å². The Morgan fingerprint density at radius 3 is 2.38 bits per heavy atom. The Kier molecular flexibility index (Phi) is 6.85. The zero-order valence-electron chi connectivity index (χ0n) is 7.20. The van der Waals surface area contributed by atoms with E-state index in [1.807, 2.05) is 0 Å². The Labute approximate surface area is 94.1 Å². The smallest absolute Gasteiger partial charge is 0.158 e. The van der Waals surface area contributed by atoms with Gasteiger partial charge in [-0.25, -0.2) is 0 Å². The predicted molar refractivity (Wildman–Crippen MR) is 57.9 cm³/mol. The van der Waals surface area contributed by atoms with Crippen LogP contribution in [0.2, 0.25) is 0 Å². The Hall–Kier alpha value is 0.290. The molecule has 2 N–H and O–H groups in total. The molecule has 5 heteroatoms. The second kappa shape index (κ2) is 6.70. The first-order valence-corrected chi connectivity index (χ1v) is 5.39. The van der Waals surface area contributed by atoms with Crippen molar-refractivity contribution in [2.24, 2.45) is 0 Å². The fraction of sp³-hybridized carbons (Fsp3) is 0.625. The average Bonchev–Trinajstić information content (AvgIpc) is 2.00. The van der Waals surface area contributed by atoms with E-state index in [0.717, 1.165) is 3.39 Å². The maximum Gasteiger partial charge on any atom is 0.158 e. The lowest BCUT2D eigenvalue weighted by Gasteiger charge is -2.11. The first-order chi connectivity index (χ1) is 5.93. The van der Waals surface area contributed by atoms with Crippen LogP contribution < -0.4 is 0 Å². The van der Waals surface area contributed by atoms with Crippen molar-refractivity contribution < 1.29 is 15.0 Å². The molecule has 0 spiro atoms. The van der Waals surface area contributed by atoms with Gasteiger partial charge in [0.1, 0.15) is 6.10 Å². The molecule has 0 bridgehead atoms. The molecular formula is C8H12Br2O3. The number of aliphatic hydroxyl groups excluding tert-OH is 2. The van der Waals surface area contributed by atoms with Crippen molar-refractivity contribution in [2.45, 2.75) is 32.0 Å². The van der Waals surface area contributed by atoms with Gasteiger partial charge < -0.3 is 10.2 Å². The minimum Gasteiger partial charge on any atom is -0.393 e. The molecule has 0 fully saturated rings. The highest BCUT2D eigenvalue weighted by molar-refractivity contribution is 9.28. The van der Waals surface area contributed by atoms with E-state index in [0.29, 0.717) is 6.42 Å². The molecule has 0 unspecified atom stereocenters. The Morgan fingerprint density at radius 1 is 1.46 bits per heavy atom. The average molecular weight is 316 g/mol. The van der Waals surface area contributed by atoms with E-state index in [4.69, 9.17) is 5.11 Å². The lowest BCUT2D eigenvalue weighted by molar-refractivity contribution is -0.126. The summed E-state index contributed by atoms with van der Waals surface area (Å²) in [7, 11) is 0. The van der Waals surface area contributed by atoms with Crippen LogP contribution in [-0.2, 0) is 4.79 Å². The standard InChI is InChI=1S/C8H12Br2O3/c1-5(11)7(13)4-6(12)2-3-8(9)10/h3,6-7,12-13H,2,4H2,1H3/t6-,7-/m0/s1.